The minimum Gasteiger partial charge on any atom is -0.0776 e. The third-order valence-electron chi connectivity index (χ3n) is 2.64. The van der Waals surface area contributed by atoms with Crippen LogP contribution in [0.5, 0.6) is 0 Å². The molecule has 0 heterocycles. The van der Waals surface area contributed by atoms with Crippen LogP contribution in [0.2, 0.25) is 0 Å². The Balaban J connectivity index is 0.00000121. The second-order valence-corrected chi connectivity index (χ2v) is 5.20. The first-order valence-electron chi connectivity index (χ1n) is 5.04. The monoisotopic (exact) mass is 170 g/mol. The fourth-order valence-corrected chi connectivity index (χ4v) is 2.40. The summed E-state index contributed by atoms with van der Waals surface area (Å²) in [6, 6.07) is 0. The zero-order valence-electron chi connectivity index (χ0n) is 8.48. The fourth-order valence-electron chi connectivity index (χ4n) is 2.40. The highest BCUT2D eigenvalue weighted by molar-refractivity contribution is 4.93. The molecule has 0 nitrogen and oxygen atoms in total. The summed E-state index contributed by atoms with van der Waals surface area (Å²) in [5, 5.41) is 0. The maximum absolute atomic E-state index is 2.35. The van der Waals surface area contributed by atoms with Crippen LogP contribution in [0.15, 0.2) is 0 Å². The second-order valence-electron chi connectivity index (χ2n) is 5.20. The summed E-state index contributed by atoms with van der Waals surface area (Å²) >= 11 is 0. The standard InChI is InChI=1S/C11H22.CH4/c1-9(2)7-11(5-6-11)8-10(3)4;/h9-10H,5-8H2,1-4H3;1H4. The van der Waals surface area contributed by atoms with Crippen molar-refractivity contribution in [2.45, 2.75) is 60.8 Å². The molecule has 0 aliphatic heterocycles. The lowest BCUT2D eigenvalue weighted by Gasteiger charge is -2.19. The van der Waals surface area contributed by atoms with Crippen LogP contribution in [0.4, 0.5) is 0 Å². The van der Waals surface area contributed by atoms with Gasteiger partial charge in [0.15, 0.2) is 0 Å². The Morgan fingerprint density at radius 2 is 1.25 bits per heavy atom. The number of hydrogen-bond donors (Lipinski definition) is 0. The van der Waals surface area contributed by atoms with Gasteiger partial charge in [0, 0.05) is 0 Å². The van der Waals surface area contributed by atoms with Gasteiger partial charge in [0.1, 0.15) is 0 Å². The van der Waals surface area contributed by atoms with E-state index in [0.717, 1.165) is 17.3 Å². The van der Waals surface area contributed by atoms with Crippen LogP contribution in [0.3, 0.4) is 0 Å². The molecule has 0 aromatic carbocycles. The van der Waals surface area contributed by atoms with E-state index in [2.05, 4.69) is 27.7 Å². The normalized spacial score (nSPS) is 19.5. The van der Waals surface area contributed by atoms with Gasteiger partial charge in [0.2, 0.25) is 0 Å². The zero-order valence-corrected chi connectivity index (χ0v) is 8.48. The molecule has 0 unspecified atom stereocenters. The summed E-state index contributed by atoms with van der Waals surface area (Å²) < 4.78 is 0. The predicted molar refractivity (Wildman–Crippen MR) is 57.3 cm³/mol. The maximum atomic E-state index is 2.35. The van der Waals surface area contributed by atoms with E-state index in [-0.39, 0.29) is 7.43 Å². The molecular formula is C12H26. The van der Waals surface area contributed by atoms with Crippen LogP contribution in [-0.2, 0) is 0 Å². The Morgan fingerprint density at radius 3 is 1.42 bits per heavy atom. The van der Waals surface area contributed by atoms with Crippen molar-refractivity contribution >= 4 is 0 Å². The van der Waals surface area contributed by atoms with E-state index in [1.54, 1.807) is 0 Å². The molecule has 12 heavy (non-hydrogen) atoms. The van der Waals surface area contributed by atoms with Gasteiger partial charge in [-0.15, -0.1) is 0 Å². The van der Waals surface area contributed by atoms with Gasteiger partial charge in [-0.3, -0.25) is 0 Å². The summed E-state index contributed by atoms with van der Waals surface area (Å²) in [6.45, 7) is 9.39. The molecule has 1 aliphatic rings. The van der Waals surface area contributed by atoms with Gasteiger partial charge in [-0.1, -0.05) is 35.1 Å². The summed E-state index contributed by atoms with van der Waals surface area (Å²) in [7, 11) is 0. The van der Waals surface area contributed by atoms with Crippen molar-refractivity contribution < 1.29 is 0 Å². The first kappa shape index (κ1) is 12.0. The average molecular weight is 170 g/mol. The molecule has 0 aromatic heterocycles. The van der Waals surface area contributed by atoms with Crippen molar-refractivity contribution in [3.05, 3.63) is 0 Å². The lowest BCUT2D eigenvalue weighted by Crippen LogP contribution is -2.08. The van der Waals surface area contributed by atoms with E-state index >= 15 is 0 Å². The molecule has 0 radical (unpaired) electrons. The highest BCUT2D eigenvalue weighted by Gasteiger charge is 2.42. The summed E-state index contributed by atoms with van der Waals surface area (Å²) in [6.07, 6.45) is 5.93. The first-order valence-corrected chi connectivity index (χ1v) is 5.04. The third kappa shape index (κ3) is 3.60. The summed E-state index contributed by atoms with van der Waals surface area (Å²) in [4.78, 5) is 0. The molecular weight excluding hydrogens is 144 g/mol. The quantitative estimate of drug-likeness (QED) is 0.583. The van der Waals surface area contributed by atoms with E-state index in [1.807, 2.05) is 0 Å². The van der Waals surface area contributed by atoms with Crippen LogP contribution < -0.4 is 0 Å². The minimum absolute atomic E-state index is 0. The molecule has 1 fully saturated rings. The predicted octanol–water partition coefficient (Wildman–Crippen LogP) is 4.49. The fraction of sp³-hybridized carbons (Fsp3) is 1.00. The van der Waals surface area contributed by atoms with Gasteiger partial charge in [0.25, 0.3) is 0 Å². The molecule has 0 saturated heterocycles. The highest BCUT2D eigenvalue weighted by atomic mass is 14.5. The van der Waals surface area contributed by atoms with Crippen LogP contribution in [0, 0.1) is 17.3 Å². The van der Waals surface area contributed by atoms with Gasteiger partial charge in [-0.2, -0.15) is 0 Å². The molecule has 74 valence electrons. The average Bonchev–Trinajstić information content (AvgIpc) is 2.43. The SMILES string of the molecule is C.CC(C)CC1(CC(C)C)CC1. The zero-order chi connectivity index (χ0) is 8.48. The van der Waals surface area contributed by atoms with Crippen molar-refractivity contribution in [2.24, 2.45) is 17.3 Å². The van der Waals surface area contributed by atoms with Crippen LogP contribution >= 0.6 is 0 Å². The minimum atomic E-state index is 0. The molecule has 0 spiro atoms. The molecule has 0 N–H and O–H groups in total. The largest absolute Gasteiger partial charge is 0.0776 e. The van der Waals surface area contributed by atoms with Crippen molar-refractivity contribution in [3.63, 3.8) is 0 Å². The molecule has 0 atom stereocenters. The molecule has 1 saturated carbocycles. The number of hydrogen-bond acceptors (Lipinski definition) is 0. The molecule has 1 aliphatic carbocycles. The second kappa shape index (κ2) is 4.30. The third-order valence-corrected chi connectivity index (χ3v) is 2.64. The lowest BCUT2D eigenvalue weighted by molar-refractivity contribution is 0.322. The van der Waals surface area contributed by atoms with E-state index in [1.165, 1.54) is 25.7 Å². The summed E-state index contributed by atoms with van der Waals surface area (Å²) in [5.41, 5.74) is 0.794. The van der Waals surface area contributed by atoms with Gasteiger partial charge >= 0.3 is 0 Å². The van der Waals surface area contributed by atoms with Crippen LogP contribution in [-0.4, -0.2) is 0 Å². The Kier molecular flexibility index (Phi) is 4.30. The maximum Gasteiger partial charge on any atom is -0.0292 e. The van der Waals surface area contributed by atoms with Crippen LogP contribution in [0.25, 0.3) is 0 Å². The Bertz CT molecular complexity index is 106. The van der Waals surface area contributed by atoms with Crippen molar-refractivity contribution in [3.8, 4) is 0 Å². The first-order chi connectivity index (χ1) is 5.04. The van der Waals surface area contributed by atoms with Gasteiger partial charge in [-0.05, 0) is 42.9 Å². The van der Waals surface area contributed by atoms with Crippen molar-refractivity contribution in [2.75, 3.05) is 0 Å². The van der Waals surface area contributed by atoms with Gasteiger partial charge in [0.05, 0.1) is 0 Å². The van der Waals surface area contributed by atoms with E-state index in [0.29, 0.717) is 0 Å². The van der Waals surface area contributed by atoms with Gasteiger partial charge in [-0.25, -0.2) is 0 Å². The molecule has 1 rings (SSSR count). The van der Waals surface area contributed by atoms with Crippen molar-refractivity contribution in [1.29, 1.82) is 0 Å². The summed E-state index contributed by atoms with van der Waals surface area (Å²) in [5.74, 6) is 1.80. The molecule has 0 aromatic rings. The van der Waals surface area contributed by atoms with E-state index < -0.39 is 0 Å². The van der Waals surface area contributed by atoms with E-state index in [9.17, 15) is 0 Å². The van der Waals surface area contributed by atoms with Crippen molar-refractivity contribution in [1.82, 2.24) is 0 Å². The number of rotatable bonds is 4. The Morgan fingerprint density at radius 1 is 0.917 bits per heavy atom. The molecule has 0 heteroatoms. The molecule has 0 amide bonds. The Labute approximate surface area is 78.8 Å². The topological polar surface area (TPSA) is 0 Å². The van der Waals surface area contributed by atoms with Gasteiger partial charge < -0.3 is 0 Å². The Hall–Kier alpha value is 0. The van der Waals surface area contributed by atoms with Crippen LogP contribution in [0.1, 0.15) is 60.8 Å². The smallest absolute Gasteiger partial charge is 0.0292 e. The lowest BCUT2D eigenvalue weighted by atomic mass is 9.87. The van der Waals surface area contributed by atoms with E-state index in [4.69, 9.17) is 0 Å². The highest BCUT2D eigenvalue weighted by Crippen LogP contribution is 2.54. The molecule has 0 bridgehead atoms.